The minimum atomic E-state index is -0.0379. The number of anilines is 1. The van der Waals surface area contributed by atoms with Crippen LogP contribution in [0, 0.1) is 0 Å². The van der Waals surface area contributed by atoms with Crippen molar-refractivity contribution in [1.82, 2.24) is 24.7 Å². The highest BCUT2D eigenvalue weighted by atomic mass is 16.5. The van der Waals surface area contributed by atoms with Gasteiger partial charge in [0.05, 0.1) is 24.2 Å². The molecule has 1 amide bonds. The van der Waals surface area contributed by atoms with E-state index < -0.39 is 0 Å². The molecule has 0 radical (unpaired) electrons. The molecule has 0 spiro atoms. The van der Waals surface area contributed by atoms with Gasteiger partial charge in [-0.25, -0.2) is 4.98 Å². The highest BCUT2D eigenvalue weighted by Gasteiger charge is 2.36. The number of amides is 1. The van der Waals surface area contributed by atoms with Gasteiger partial charge in [0, 0.05) is 64.5 Å². The van der Waals surface area contributed by atoms with Crippen LogP contribution in [0.25, 0.3) is 11.0 Å². The second-order valence-corrected chi connectivity index (χ2v) is 7.96. The first-order chi connectivity index (χ1) is 13.7. The van der Waals surface area contributed by atoms with E-state index in [2.05, 4.69) is 25.0 Å². The number of aromatic amines is 1. The number of nitrogens with zero attached hydrogens (tertiary/aromatic N) is 4. The molecule has 150 valence electrons. The van der Waals surface area contributed by atoms with Gasteiger partial charge in [0.2, 0.25) is 5.91 Å². The van der Waals surface area contributed by atoms with E-state index in [1.165, 1.54) is 0 Å². The monoisotopic (exact) mass is 384 g/mol. The minimum absolute atomic E-state index is 0.0379. The van der Waals surface area contributed by atoms with Gasteiger partial charge in [-0.05, 0) is 18.2 Å². The Kier molecular flexibility index (Phi) is 5.02. The molecule has 4 fully saturated rings. The summed E-state index contributed by atoms with van der Waals surface area (Å²) in [5.74, 6) is 1.09. The van der Waals surface area contributed by atoms with Gasteiger partial charge < -0.3 is 15.0 Å². The molecule has 2 N–H and O–H groups in total. The van der Waals surface area contributed by atoms with E-state index in [1.807, 2.05) is 18.2 Å². The number of piperazine rings is 3. The van der Waals surface area contributed by atoms with Crippen molar-refractivity contribution in [1.29, 1.82) is 0 Å². The fourth-order valence-electron chi connectivity index (χ4n) is 4.44. The minimum Gasteiger partial charge on any atom is -0.379 e. The number of morpholine rings is 1. The van der Waals surface area contributed by atoms with Crippen molar-refractivity contribution in [3.63, 3.8) is 0 Å². The number of benzene rings is 1. The van der Waals surface area contributed by atoms with E-state index in [0.717, 1.165) is 94.5 Å². The molecular weight excluding hydrogens is 356 g/mol. The van der Waals surface area contributed by atoms with Gasteiger partial charge >= 0.3 is 0 Å². The van der Waals surface area contributed by atoms with Crippen LogP contribution in [0.5, 0.6) is 0 Å². The molecule has 0 aliphatic carbocycles. The van der Waals surface area contributed by atoms with Crippen molar-refractivity contribution in [2.45, 2.75) is 12.5 Å². The van der Waals surface area contributed by atoms with Gasteiger partial charge in [0.25, 0.3) is 0 Å². The summed E-state index contributed by atoms with van der Waals surface area (Å²) >= 11 is 0. The van der Waals surface area contributed by atoms with Gasteiger partial charge in [-0.15, -0.1) is 0 Å². The van der Waals surface area contributed by atoms with Crippen molar-refractivity contribution in [3.05, 3.63) is 24.0 Å². The second kappa shape index (κ2) is 7.79. The molecular formula is C20H28N6O2. The molecule has 4 aliphatic heterocycles. The van der Waals surface area contributed by atoms with Crippen LogP contribution in [-0.4, -0.2) is 102 Å². The highest BCUT2D eigenvalue weighted by molar-refractivity contribution is 5.96. The number of ether oxygens (including phenoxy) is 1. The normalized spacial score (nSPS) is 27.9. The average molecular weight is 384 g/mol. The third-order valence-corrected chi connectivity index (χ3v) is 6.15. The molecule has 1 unspecified atom stereocenters. The first kappa shape index (κ1) is 18.1. The van der Waals surface area contributed by atoms with Crippen LogP contribution in [0.1, 0.15) is 5.82 Å². The molecule has 5 heterocycles. The topological polar surface area (TPSA) is 76.7 Å². The van der Waals surface area contributed by atoms with Crippen molar-refractivity contribution < 1.29 is 9.53 Å². The predicted molar refractivity (Wildman–Crippen MR) is 107 cm³/mol. The maximum absolute atomic E-state index is 12.8. The van der Waals surface area contributed by atoms with E-state index >= 15 is 0 Å². The Balaban J connectivity index is 1.22. The predicted octanol–water partition coefficient (Wildman–Crippen LogP) is 0.376. The summed E-state index contributed by atoms with van der Waals surface area (Å²) in [4.78, 5) is 28.0. The first-order valence-corrected chi connectivity index (χ1v) is 10.3. The summed E-state index contributed by atoms with van der Waals surface area (Å²) in [6.45, 7) is 9.59. The van der Waals surface area contributed by atoms with E-state index in [0.29, 0.717) is 0 Å². The first-order valence-electron chi connectivity index (χ1n) is 10.3. The molecule has 8 nitrogen and oxygen atoms in total. The lowest BCUT2D eigenvalue weighted by atomic mass is 10.1. The number of aromatic nitrogens is 2. The highest BCUT2D eigenvalue weighted by Crippen LogP contribution is 2.20. The fraction of sp³-hybridized carbons (Fsp3) is 0.600. The fourth-order valence-corrected chi connectivity index (χ4v) is 4.44. The molecule has 4 aliphatic rings. The maximum atomic E-state index is 12.8. The molecule has 28 heavy (non-hydrogen) atoms. The average Bonchev–Trinajstić information content (AvgIpc) is 3.16. The Morgan fingerprint density at radius 1 is 1.18 bits per heavy atom. The number of fused-ring (bicyclic) bond motifs is 4. The Hall–Kier alpha value is -2.00. The summed E-state index contributed by atoms with van der Waals surface area (Å²) < 4.78 is 5.40. The quantitative estimate of drug-likeness (QED) is 0.776. The lowest BCUT2D eigenvalue weighted by Crippen LogP contribution is -2.64. The number of hydrogen-bond acceptors (Lipinski definition) is 6. The van der Waals surface area contributed by atoms with Crippen LogP contribution in [0.15, 0.2) is 18.2 Å². The zero-order valence-electron chi connectivity index (χ0n) is 16.2. The number of imidazole rings is 1. The summed E-state index contributed by atoms with van der Waals surface area (Å²) in [6.07, 6.45) is 0.892. The van der Waals surface area contributed by atoms with Crippen LogP contribution in [-0.2, 0) is 16.0 Å². The third kappa shape index (κ3) is 3.77. The summed E-state index contributed by atoms with van der Waals surface area (Å²) in [7, 11) is 0. The van der Waals surface area contributed by atoms with Crippen LogP contribution in [0.4, 0.5) is 5.69 Å². The van der Waals surface area contributed by atoms with Gasteiger partial charge in [-0.2, -0.15) is 0 Å². The summed E-state index contributed by atoms with van der Waals surface area (Å²) in [6, 6.07) is 5.89. The van der Waals surface area contributed by atoms with Gasteiger partial charge in [0.15, 0.2) is 0 Å². The maximum Gasteiger partial charge on any atom is 0.243 e. The van der Waals surface area contributed by atoms with E-state index in [-0.39, 0.29) is 11.9 Å². The number of rotatable bonds is 5. The molecule has 4 saturated heterocycles. The molecule has 0 saturated carbocycles. The molecule has 8 heteroatoms. The summed E-state index contributed by atoms with van der Waals surface area (Å²) in [5.41, 5.74) is 2.75. The smallest absolute Gasteiger partial charge is 0.243 e. The molecule has 1 aromatic heterocycles. The Morgan fingerprint density at radius 2 is 2.00 bits per heavy atom. The van der Waals surface area contributed by atoms with Crippen molar-refractivity contribution >= 4 is 22.6 Å². The standard InChI is InChI=1S/C20H28N6O2/c27-20(18-14-25-5-7-26(18)8-6-25)21-15-1-2-16-17(13-15)23-19(22-16)3-4-24-9-11-28-12-10-24/h1-2,13,18H,3-12,14H2,(H,21,27)(H,22,23). The molecule has 6 rings (SSSR count). The van der Waals surface area contributed by atoms with Gasteiger partial charge in [0.1, 0.15) is 11.9 Å². The van der Waals surface area contributed by atoms with Crippen LogP contribution >= 0.6 is 0 Å². The van der Waals surface area contributed by atoms with Crippen LogP contribution in [0.3, 0.4) is 0 Å². The Labute approximate surface area is 164 Å². The Bertz CT molecular complexity index is 838. The Morgan fingerprint density at radius 3 is 2.75 bits per heavy atom. The molecule has 1 aromatic carbocycles. The number of H-pyrrole nitrogens is 1. The lowest BCUT2D eigenvalue weighted by molar-refractivity contribution is -0.126. The number of nitrogens with one attached hydrogen (secondary N) is 2. The summed E-state index contributed by atoms with van der Waals surface area (Å²) in [5, 5.41) is 3.10. The van der Waals surface area contributed by atoms with Crippen LogP contribution in [0.2, 0.25) is 0 Å². The van der Waals surface area contributed by atoms with Crippen molar-refractivity contribution in [3.8, 4) is 0 Å². The number of carbonyl (C=O) groups is 1. The number of carbonyl (C=O) groups excluding carboxylic acids is 1. The second-order valence-electron chi connectivity index (χ2n) is 7.96. The zero-order chi connectivity index (χ0) is 18.9. The van der Waals surface area contributed by atoms with Crippen molar-refractivity contribution in [2.75, 3.05) is 70.9 Å². The van der Waals surface area contributed by atoms with E-state index in [1.54, 1.807) is 0 Å². The lowest BCUT2D eigenvalue weighted by Gasteiger charge is -2.46. The molecule has 2 bridgehead atoms. The van der Waals surface area contributed by atoms with Gasteiger partial charge in [-0.3, -0.25) is 19.5 Å². The third-order valence-electron chi connectivity index (χ3n) is 6.15. The van der Waals surface area contributed by atoms with Crippen LogP contribution < -0.4 is 5.32 Å². The largest absolute Gasteiger partial charge is 0.379 e. The molecule has 2 aromatic rings. The number of hydrogen-bond donors (Lipinski definition) is 2. The molecule has 1 atom stereocenters. The van der Waals surface area contributed by atoms with Gasteiger partial charge in [-0.1, -0.05) is 0 Å². The van der Waals surface area contributed by atoms with Crippen molar-refractivity contribution in [2.24, 2.45) is 0 Å². The van der Waals surface area contributed by atoms with E-state index in [4.69, 9.17) is 9.72 Å². The SMILES string of the molecule is O=C(Nc1ccc2nc(CCN3CCOCC3)[nH]c2c1)C1CN2CCN1CC2. The van der Waals surface area contributed by atoms with E-state index in [9.17, 15) is 4.79 Å². The zero-order valence-corrected chi connectivity index (χ0v) is 16.2.